The fraction of sp³-hybridized carbons (Fsp3) is 0.381. The average Bonchev–Trinajstić information content (AvgIpc) is 3.07. The summed E-state index contributed by atoms with van der Waals surface area (Å²) < 4.78 is 19.1. The fourth-order valence-electron chi connectivity index (χ4n) is 3.79. The molecule has 2 aliphatic rings. The molecule has 1 atom stereocenters. The van der Waals surface area contributed by atoms with Crippen LogP contribution in [0.1, 0.15) is 24.0 Å². The highest BCUT2D eigenvalue weighted by Crippen LogP contribution is 2.31. The number of likely N-dealkylation sites (tertiary alicyclic amines) is 1. The van der Waals surface area contributed by atoms with Crippen molar-refractivity contribution in [2.45, 2.75) is 38.0 Å². The average molecular weight is 389 g/mol. The van der Waals surface area contributed by atoms with E-state index < -0.39 is 6.10 Å². The lowest BCUT2D eigenvalue weighted by Gasteiger charge is -2.32. The number of benzene rings is 2. The number of hydrogen-bond donors (Lipinski definition) is 1. The minimum Gasteiger partial charge on any atom is -0.480 e. The Morgan fingerprint density at radius 2 is 2.04 bits per heavy atom. The number of fused-ring (bicyclic) bond motifs is 1. The van der Waals surface area contributed by atoms with E-state index in [1.807, 2.05) is 18.2 Å². The van der Waals surface area contributed by atoms with E-state index in [4.69, 9.17) is 16.3 Å². The van der Waals surface area contributed by atoms with Crippen LogP contribution in [-0.2, 0) is 17.8 Å². The second-order valence-corrected chi connectivity index (χ2v) is 7.69. The maximum atomic E-state index is 13.3. The molecule has 0 bridgehead atoms. The van der Waals surface area contributed by atoms with Crippen molar-refractivity contribution in [2.75, 3.05) is 13.1 Å². The summed E-state index contributed by atoms with van der Waals surface area (Å²) in [4.78, 5) is 14.8. The first kappa shape index (κ1) is 18.3. The summed E-state index contributed by atoms with van der Waals surface area (Å²) in [7, 11) is 0. The molecule has 1 N–H and O–H groups in total. The van der Waals surface area contributed by atoms with Crippen molar-refractivity contribution in [3.63, 3.8) is 0 Å². The molecule has 1 saturated heterocycles. The van der Waals surface area contributed by atoms with Gasteiger partial charge in [-0.15, -0.1) is 0 Å². The zero-order valence-corrected chi connectivity index (χ0v) is 15.7. The molecule has 142 valence electrons. The summed E-state index contributed by atoms with van der Waals surface area (Å²) in [5, 5.41) is 3.78. The highest BCUT2D eigenvalue weighted by Gasteiger charge is 2.31. The second kappa shape index (κ2) is 7.87. The van der Waals surface area contributed by atoms with Crippen LogP contribution >= 0.6 is 11.6 Å². The van der Waals surface area contributed by atoms with E-state index in [0.29, 0.717) is 11.4 Å². The minimum absolute atomic E-state index is 0.0640. The Balaban J connectivity index is 1.25. The smallest absolute Gasteiger partial charge is 0.261 e. The van der Waals surface area contributed by atoms with Gasteiger partial charge < -0.3 is 10.1 Å². The third-order valence-electron chi connectivity index (χ3n) is 5.22. The highest BCUT2D eigenvalue weighted by molar-refractivity contribution is 6.30. The fourth-order valence-corrected chi connectivity index (χ4v) is 3.98. The molecule has 1 unspecified atom stereocenters. The first-order valence-electron chi connectivity index (χ1n) is 9.29. The van der Waals surface area contributed by atoms with Crippen LogP contribution in [0.5, 0.6) is 5.75 Å². The number of carbonyl (C=O) groups excluding carboxylic acids is 1. The number of amides is 1. The van der Waals surface area contributed by atoms with Crippen LogP contribution in [0.25, 0.3) is 0 Å². The molecule has 0 saturated carbocycles. The summed E-state index contributed by atoms with van der Waals surface area (Å²) in [6.07, 6.45) is 1.84. The van der Waals surface area contributed by atoms with E-state index in [1.165, 1.54) is 6.07 Å². The number of piperidine rings is 1. The third-order valence-corrected chi connectivity index (χ3v) is 5.45. The predicted molar refractivity (Wildman–Crippen MR) is 102 cm³/mol. The van der Waals surface area contributed by atoms with Gasteiger partial charge >= 0.3 is 0 Å². The summed E-state index contributed by atoms with van der Waals surface area (Å²) >= 11 is 6.01. The molecular formula is C21H22ClFN2O2. The van der Waals surface area contributed by atoms with Gasteiger partial charge in [0.25, 0.3) is 5.91 Å². The van der Waals surface area contributed by atoms with Crippen molar-refractivity contribution < 1.29 is 13.9 Å². The van der Waals surface area contributed by atoms with E-state index in [2.05, 4.69) is 10.2 Å². The minimum atomic E-state index is -0.483. The van der Waals surface area contributed by atoms with Gasteiger partial charge in [0.05, 0.1) is 0 Å². The Labute approximate surface area is 163 Å². The van der Waals surface area contributed by atoms with Gasteiger partial charge in [-0.2, -0.15) is 0 Å². The first-order chi connectivity index (χ1) is 13.1. The molecule has 0 aliphatic carbocycles. The van der Waals surface area contributed by atoms with Gasteiger partial charge in [-0.3, -0.25) is 9.69 Å². The lowest BCUT2D eigenvalue weighted by Crippen LogP contribution is -2.48. The van der Waals surface area contributed by atoms with Crippen molar-refractivity contribution in [2.24, 2.45) is 0 Å². The van der Waals surface area contributed by atoms with E-state index in [-0.39, 0.29) is 17.8 Å². The number of nitrogens with zero attached hydrogens (tertiary/aromatic N) is 1. The van der Waals surface area contributed by atoms with E-state index >= 15 is 0 Å². The van der Waals surface area contributed by atoms with Crippen LogP contribution in [0, 0.1) is 5.82 Å². The molecule has 0 spiro atoms. The van der Waals surface area contributed by atoms with Gasteiger partial charge in [0.2, 0.25) is 0 Å². The molecule has 27 heavy (non-hydrogen) atoms. The van der Waals surface area contributed by atoms with Crippen LogP contribution in [0.3, 0.4) is 0 Å². The Hall–Kier alpha value is -2.11. The van der Waals surface area contributed by atoms with Gasteiger partial charge in [0.1, 0.15) is 11.6 Å². The molecule has 1 fully saturated rings. The molecule has 2 aliphatic heterocycles. The molecule has 6 heteroatoms. The molecule has 1 amide bonds. The van der Waals surface area contributed by atoms with Crippen molar-refractivity contribution in [1.29, 1.82) is 0 Å². The number of rotatable bonds is 4. The number of ether oxygens (including phenoxy) is 1. The van der Waals surface area contributed by atoms with Gasteiger partial charge in [-0.25, -0.2) is 4.39 Å². The summed E-state index contributed by atoms with van der Waals surface area (Å²) in [5.74, 6) is 0.476. The topological polar surface area (TPSA) is 41.6 Å². The normalized spacial score (nSPS) is 20.1. The molecule has 2 aromatic rings. The summed E-state index contributed by atoms with van der Waals surface area (Å²) in [6, 6.07) is 12.3. The number of carbonyl (C=O) groups is 1. The Kier molecular flexibility index (Phi) is 5.32. The lowest BCUT2D eigenvalue weighted by atomic mass is 10.0. The van der Waals surface area contributed by atoms with Crippen molar-refractivity contribution in [3.8, 4) is 5.75 Å². The van der Waals surface area contributed by atoms with Crippen LogP contribution in [0.4, 0.5) is 4.39 Å². The molecule has 2 aromatic carbocycles. The molecule has 0 aromatic heterocycles. The quantitative estimate of drug-likeness (QED) is 0.870. The van der Waals surface area contributed by atoms with Gasteiger partial charge in [0.15, 0.2) is 6.10 Å². The zero-order valence-electron chi connectivity index (χ0n) is 15.0. The van der Waals surface area contributed by atoms with Crippen molar-refractivity contribution in [1.82, 2.24) is 10.2 Å². The third kappa shape index (κ3) is 4.42. The molecule has 4 nitrogen and oxygen atoms in total. The number of hydrogen-bond acceptors (Lipinski definition) is 3. The van der Waals surface area contributed by atoms with Crippen LogP contribution in [-0.4, -0.2) is 36.0 Å². The van der Waals surface area contributed by atoms with Gasteiger partial charge in [-0.05, 0) is 54.3 Å². The number of nitrogens with one attached hydrogen (secondary N) is 1. The summed E-state index contributed by atoms with van der Waals surface area (Å²) in [5.41, 5.74) is 1.96. The van der Waals surface area contributed by atoms with Crippen LogP contribution in [0.2, 0.25) is 5.02 Å². The first-order valence-corrected chi connectivity index (χ1v) is 9.67. The molecule has 2 heterocycles. The Morgan fingerprint density at radius 1 is 1.22 bits per heavy atom. The van der Waals surface area contributed by atoms with Gasteiger partial charge in [0, 0.05) is 37.1 Å². The lowest BCUT2D eigenvalue weighted by molar-refractivity contribution is -0.128. The SMILES string of the molecule is O=C(NC1CCN(Cc2cccc(F)c2)CC1)C1Cc2cc(Cl)ccc2O1. The highest BCUT2D eigenvalue weighted by atomic mass is 35.5. The maximum Gasteiger partial charge on any atom is 0.261 e. The van der Waals surface area contributed by atoms with Crippen LogP contribution in [0.15, 0.2) is 42.5 Å². The second-order valence-electron chi connectivity index (χ2n) is 7.25. The number of halogens is 2. The molecular weight excluding hydrogens is 367 g/mol. The standard InChI is InChI=1S/C21H22ClFN2O2/c22-16-4-5-19-15(11-16)12-20(27-19)21(26)24-18-6-8-25(9-7-18)13-14-2-1-3-17(23)10-14/h1-5,10-11,18,20H,6-9,12-13H2,(H,24,26). The Bertz CT molecular complexity index is 837. The van der Waals surface area contributed by atoms with E-state index in [0.717, 1.165) is 49.4 Å². The maximum absolute atomic E-state index is 13.3. The van der Waals surface area contributed by atoms with Crippen molar-refractivity contribution in [3.05, 3.63) is 64.4 Å². The summed E-state index contributed by atoms with van der Waals surface area (Å²) in [6.45, 7) is 2.49. The zero-order chi connectivity index (χ0) is 18.8. The van der Waals surface area contributed by atoms with Gasteiger partial charge in [-0.1, -0.05) is 23.7 Å². The van der Waals surface area contributed by atoms with Crippen molar-refractivity contribution >= 4 is 17.5 Å². The predicted octanol–water partition coefficient (Wildman–Crippen LogP) is 3.56. The van der Waals surface area contributed by atoms with E-state index in [9.17, 15) is 9.18 Å². The Morgan fingerprint density at radius 3 is 2.81 bits per heavy atom. The molecule has 0 radical (unpaired) electrons. The monoisotopic (exact) mass is 388 g/mol. The van der Waals surface area contributed by atoms with Crippen LogP contribution < -0.4 is 10.1 Å². The largest absolute Gasteiger partial charge is 0.480 e. The van der Waals surface area contributed by atoms with E-state index in [1.54, 1.807) is 18.2 Å². The molecule has 4 rings (SSSR count).